The topological polar surface area (TPSA) is 75.4 Å². The smallest absolute Gasteiger partial charge is 0.255 e. The number of nitrogens with two attached hydrogens (primary N) is 1. The number of nitrogens with zero attached hydrogens (tertiary/aromatic N) is 4. The maximum Gasteiger partial charge on any atom is 0.255 e. The van der Waals surface area contributed by atoms with Gasteiger partial charge in [0.1, 0.15) is 5.82 Å². The highest BCUT2D eigenvalue weighted by Crippen LogP contribution is 2.18. The first kappa shape index (κ1) is 14.3. The second-order valence-electron chi connectivity index (χ2n) is 5.37. The first-order valence-electron chi connectivity index (χ1n) is 7.32. The molecule has 1 fully saturated rings. The van der Waals surface area contributed by atoms with E-state index in [9.17, 15) is 4.79 Å². The van der Waals surface area contributed by atoms with E-state index in [0.29, 0.717) is 24.3 Å². The number of aromatic nitrogens is 2. The molecule has 1 aliphatic heterocycles. The number of piperazine rings is 1. The predicted molar refractivity (Wildman–Crippen MR) is 85.7 cm³/mol. The highest BCUT2D eigenvalue weighted by atomic mass is 16.2. The Balaban J connectivity index is 1.65. The molecule has 0 bridgehead atoms. The normalized spacial score (nSPS) is 15.0. The molecule has 0 aliphatic carbocycles. The fraction of sp³-hybridized carbons (Fsp3) is 0.312. The van der Waals surface area contributed by atoms with Crippen LogP contribution in [0.5, 0.6) is 0 Å². The van der Waals surface area contributed by atoms with Crippen molar-refractivity contribution in [1.29, 1.82) is 0 Å². The number of pyridine rings is 2. The molecule has 0 saturated carbocycles. The van der Waals surface area contributed by atoms with Crippen LogP contribution in [0.3, 0.4) is 0 Å². The largest absolute Gasteiger partial charge is 0.397 e. The van der Waals surface area contributed by atoms with Crippen molar-refractivity contribution in [2.24, 2.45) is 0 Å². The van der Waals surface area contributed by atoms with Crippen molar-refractivity contribution < 1.29 is 4.79 Å². The van der Waals surface area contributed by atoms with E-state index in [1.165, 1.54) is 0 Å². The van der Waals surface area contributed by atoms with Gasteiger partial charge in [0.05, 0.1) is 16.9 Å². The zero-order chi connectivity index (χ0) is 15.5. The van der Waals surface area contributed by atoms with E-state index in [1.54, 1.807) is 24.5 Å². The lowest BCUT2D eigenvalue weighted by Crippen LogP contribution is -2.49. The Morgan fingerprint density at radius 1 is 1.18 bits per heavy atom. The number of hydrogen-bond acceptors (Lipinski definition) is 5. The highest BCUT2D eigenvalue weighted by molar-refractivity contribution is 5.94. The van der Waals surface area contributed by atoms with Gasteiger partial charge < -0.3 is 15.5 Å². The van der Waals surface area contributed by atoms with Crippen molar-refractivity contribution in [3.63, 3.8) is 0 Å². The molecule has 22 heavy (non-hydrogen) atoms. The van der Waals surface area contributed by atoms with Crippen LogP contribution in [0.2, 0.25) is 0 Å². The van der Waals surface area contributed by atoms with Crippen LogP contribution in [0.4, 0.5) is 11.5 Å². The summed E-state index contributed by atoms with van der Waals surface area (Å²) >= 11 is 0. The van der Waals surface area contributed by atoms with E-state index in [0.717, 1.165) is 24.6 Å². The van der Waals surface area contributed by atoms with Crippen LogP contribution in [0.1, 0.15) is 16.1 Å². The summed E-state index contributed by atoms with van der Waals surface area (Å²) in [7, 11) is 0. The number of hydrogen-bond donors (Lipinski definition) is 1. The number of nitrogen functional groups attached to an aromatic ring is 1. The molecule has 3 heterocycles. The minimum Gasteiger partial charge on any atom is -0.397 e. The fourth-order valence-electron chi connectivity index (χ4n) is 2.55. The van der Waals surface area contributed by atoms with Crippen LogP contribution in [0, 0.1) is 6.92 Å². The average molecular weight is 297 g/mol. The van der Waals surface area contributed by atoms with E-state index in [2.05, 4.69) is 14.9 Å². The Kier molecular flexibility index (Phi) is 3.91. The molecule has 1 aliphatic rings. The van der Waals surface area contributed by atoms with Gasteiger partial charge in [-0.05, 0) is 31.2 Å². The van der Waals surface area contributed by atoms with Crippen LogP contribution >= 0.6 is 0 Å². The van der Waals surface area contributed by atoms with E-state index in [-0.39, 0.29) is 5.91 Å². The van der Waals surface area contributed by atoms with Crippen LogP contribution in [-0.4, -0.2) is 47.0 Å². The summed E-state index contributed by atoms with van der Waals surface area (Å²) in [5.74, 6) is 0.953. The molecule has 0 spiro atoms. The van der Waals surface area contributed by atoms with Gasteiger partial charge in [0.25, 0.3) is 5.91 Å². The molecular formula is C16H19N5O. The summed E-state index contributed by atoms with van der Waals surface area (Å²) in [4.78, 5) is 24.9. The van der Waals surface area contributed by atoms with Gasteiger partial charge in [-0.15, -0.1) is 0 Å². The predicted octanol–water partition coefficient (Wildman–Crippen LogP) is 1.33. The Bertz CT molecular complexity index is 665. The summed E-state index contributed by atoms with van der Waals surface area (Å²) in [6.07, 6.45) is 3.28. The van der Waals surface area contributed by atoms with Crippen LogP contribution in [0.15, 0.2) is 36.7 Å². The van der Waals surface area contributed by atoms with Crippen molar-refractivity contribution in [3.8, 4) is 0 Å². The second kappa shape index (κ2) is 6.01. The monoisotopic (exact) mass is 297 g/mol. The van der Waals surface area contributed by atoms with Crippen molar-refractivity contribution in [1.82, 2.24) is 14.9 Å². The van der Waals surface area contributed by atoms with Crippen molar-refractivity contribution in [2.45, 2.75) is 6.92 Å². The number of carbonyl (C=O) groups excluding carboxylic acids is 1. The van der Waals surface area contributed by atoms with Gasteiger partial charge in [-0.1, -0.05) is 0 Å². The third-order valence-corrected chi connectivity index (χ3v) is 3.91. The molecule has 0 unspecified atom stereocenters. The molecule has 0 aromatic carbocycles. The maximum atomic E-state index is 12.4. The molecule has 0 radical (unpaired) electrons. The van der Waals surface area contributed by atoms with Crippen LogP contribution in [0.25, 0.3) is 0 Å². The first-order chi connectivity index (χ1) is 10.6. The molecule has 6 heteroatoms. The lowest BCUT2D eigenvalue weighted by molar-refractivity contribution is 0.0746. The quantitative estimate of drug-likeness (QED) is 0.905. The van der Waals surface area contributed by atoms with Gasteiger partial charge >= 0.3 is 0 Å². The van der Waals surface area contributed by atoms with Gasteiger partial charge in [0, 0.05) is 38.6 Å². The van der Waals surface area contributed by atoms with E-state index < -0.39 is 0 Å². The molecule has 3 rings (SSSR count). The SMILES string of the molecule is Cc1nc(N2CCN(C(=O)c3cccnc3)CC2)ccc1N. The number of anilines is 2. The summed E-state index contributed by atoms with van der Waals surface area (Å²) in [6.45, 7) is 4.80. The van der Waals surface area contributed by atoms with Gasteiger partial charge in [0.15, 0.2) is 0 Å². The number of rotatable bonds is 2. The third-order valence-electron chi connectivity index (χ3n) is 3.91. The zero-order valence-corrected chi connectivity index (χ0v) is 12.6. The number of aryl methyl sites for hydroxylation is 1. The number of carbonyl (C=O) groups is 1. The molecule has 114 valence electrons. The molecular weight excluding hydrogens is 278 g/mol. The summed E-state index contributed by atoms with van der Waals surface area (Å²) in [5.41, 5.74) is 7.98. The van der Waals surface area contributed by atoms with Crippen molar-refractivity contribution in [3.05, 3.63) is 47.9 Å². The maximum absolute atomic E-state index is 12.4. The molecule has 2 N–H and O–H groups in total. The molecule has 2 aromatic rings. The van der Waals surface area contributed by atoms with E-state index in [1.807, 2.05) is 24.0 Å². The van der Waals surface area contributed by atoms with Crippen LogP contribution in [-0.2, 0) is 0 Å². The summed E-state index contributed by atoms with van der Waals surface area (Å²) in [6, 6.07) is 7.39. The molecule has 6 nitrogen and oxygen atoms in total. The Morgan fingerprint density at radius 3 is 2.59 bits per heavy atom. The zero-order valence-electron chi connectivity index (χ0n) is 12.6. The van der Waals surface area contributed by atoms with E-state index >= 15 is 0 Å². The van der Waals surface area contributed by atoms with Crippen LogP contribution < -0.4 is 10.6 Å². The lowest BCUT2D eigenvalue weighted by Gasteiger charge is -2.35. The Hall–Kier alpha value is -2.63. The average Bonchev–Trinajstić information content (AvgIpc) is 2.58. The molecule has 0 atom stereocenters. The summed E-state index contributed by atoms with van der Waals surface area (Å²) < 4.78 is 0. The minimum absolute atomic E-state index is 0.0363. The minimum atomic E-state index is 0.0363. The van der Waals surface area contributed by atoms with E-state index in [4.69, 9.17) is 5.73 Å². The van der Waals surface area contributed by atoms with Gasteiger partial charge in [-0.25, -0.2) is 4.98 Å². The molecule has 1 amide bonds. The molecule has 2 aromatic heterocycles. The summed E-state index contributed by atoms with van der Waals surface area (Å²) in [5, 5.41) is 0. The molecule has 1 saturated heterocycles. The first-order valence-corrected chi connectivity index (χ1v) is 7.32. The Morgan fingerprint density at radius 2 is 1.95 bits per heavy atom. The number of amides is 1. The highest BCUT2D eigenvalue weighted by Gasteiger charge is 2.23. The fourth-order valence-corrected chi connectivity index (χ4v) is 2.55. The standard InChI is InChI=1S/C16H19N5O/c1-12-14(17)4-5-15(19-12)20-7-9-21(10-8-20)16(22)13-3-2-6-18-11-13/h2-6,11H,7-10,17H2,1H3. The van der Waals surface area contributed by atoms with Gasteiger partial charge in [-0.3, -0.25) is 9.78 Å². The lowest BCUT2D eigenvalue weighted by atomic mass is 10.2. The van der Waals surface area contributed by atoms with Crippen molar-refractivity contribution in [2.75, 3.05) is 36.8 Å². The second-order valence-corrected chi connectivity index (χ2v) is 5.37. The van der Waals surface area contributed by atoms with Gasteiger partial charge in [-0.2, -0.15) is 0 Å². The van der Waals surface area contributed by atoms with Crippen molar-refractivity contribution >= 4 is 17.4 Å². The van der Waals surface area contributed by atoms with Gasteiger partial charge in [0.2, 0.25) is 0 Å². The Labute approximate surface area is 129 Å². The third kappa shape index (κ3) is 2.86.